The molecule has 4 aromatic carbocycles. The Labute approximate surface area is 166 Å². The molecule has 28 heavy (non-hydrogen) atoms. The average Bonchev–Trinajstić information content (AvgIpc) is 2.78. The Bertz CT molecular complexity index is 1100. The highest BCUT2D eigenvalue weighted by atomic mass is 16.5. The monoisotopic (exact) mass is 368 g/mol. The van der Waals surface area contributed by atoms with Crippen molar-refractivity contribution in [3.05, 3.63) is 84.4 Å². The Morgan fingerprint density at radius 3 is 1.79 bits per heavy atom. The van der Waals surface area contributed by atoms with Gasteiger partial charge in [0.2, 0.25) is 0 Å². The zero-order valence-electron chi connectivity index (χ0n) is 16.5. The molecule has 0 atom stereocenters. The van der Waals surface area contributed by atoms with Crippen LogP contribution in [0.15, 0.2) is 78.9 Å². The minimum absolute atomic E-state index is 0.755. The van der Waals surface area contributed by atoms with Gasteiger partial charge in [0.15, 0.2) is 11.5 Å². The Kier molecular flexibility index (Phi) is 5.03. The molecule has 0 fully saturated rings. The third kappa shape index (κ3) is 3.22. The van der Waals surface area contributed by atoms with Crippen LogP contribution in [-0.4, -0.2) is 14.2 Å². The van der Waals surface area contributed by atoms with Crippen molar-refractivity contribution in [1.29, 1.82) is 0 Å². The minimum Gasteiger partial charge on any atom is -0.493 e. The third-order valence-electron chi connectivity index (χ3n) is 5.29. The highest BCUT2D eigenvalue weighted by Crippen LogP contribution is 2.39. The molecule has 0 bridgehead atoms. The third-order valence-corrected chi connectivity index (χ3v) is 5.29. The lowest BCUT2D eigenvalue weighted by atomic mass is 9.92. The lowest BCUT2D eigenvalue weighted by Crippen LogP contribution is -1.94. The summed E-state index contributed by atoms with van der Waals surface area (Å²) >= 11 is 0. The number of benzene rings is 4. The second-order valence-electron chi connectivity index (χ2n) is 6.82. The van der Waals surface area contributed by atoms with Gasteiger partial charge < -0.3 is 9.47 Å². The summed E-state index contributed by atoms with van der Waals surface area (Å²) in [7, 11) is 3.36. The number of hydrogen-bond acceptors (Lipinski definition) is 2. The molecule has 2 heteroatoms. The average molecular weight is 368 g/mol. The normalized spacial score (nSPS) is 10.8. The highest BCUT2D eigenvalue weighted by Gasteiger charge is 2.13. The van der Waals surface area contributed by atoms with E-state index in [0.29, 0.717) is 0 Å². The van der Waals surface area contributed by atoms with Gasteiger partial charge >= 0.3 is 0 Å². The van der Waals surface area contributed by atoms with E-state index in [9.17, 15) is 0 Å². The molecule has 0 radical (unpaired) electrons. The van der Waals surface area contributed by atoms with Gasteiger partial charge in [0.25, 0.3) is 0 Å². The molecule has 0 spiro atoms. The van der Waals surface area contributed by atoms with Gasteiger partial charge in [-0.25, -0.2) is 0 Å². The first kappa shape index (κ1) is 18.1. The van der Waals surface area contributed by atoms with E-state index in [1.807, 2.05) is 6.07 Å². The van der Waals surface area contributed by atoms with Crippen molar-refractivity contribution >= 4 is 10.8 Å². The van der Waals surface area contributed by atoms with Crippen molar-refractivity contribution in [1.82, 2.24) is 0 Å². The van der Waals surface area contributed by atoms with Gasteiger partial charge in [0.05, 0.1) is 14.2 Å². The van der Waals surface area contributed by atoms with E-state index < -0.39 is 0 Å². The largest absolute Gasteiger partial charge is 0.493 e. The molecule has 2 nitrogen and oxygen atoms in total. The summed E-state index contributed by atoms with van der Waals surface area (Å²) in [6, 6.07) is 27.8. The number of aryl methyl sites for hydroxylation is 1. The van der Waals surface area contributed by atoms with Gasteiger partial charge in [-0.15, -0.1) is 0 Å². The first-order valence-corrected chi connectivity index (χ1v) is 9.58. The SMILES string of the molecule is CCc1ccc(-c2ccc(-c3ccccc3)cc2)c2cc(OC)c(OC)cc12. The predicted molar refractivity (Wildman–Crippen MR) is 117 cm³/mol. The molecule has 0 saturated carbocycles. The zero-order valence-corrected chi connectivity index (χ0v) is 16.5. The molecular formula is C26H24O2. The fraction of sp³-hybridized carbons (Fsp3) is 0.154. The van der Waals surface area contributed by atoms with Gasteiger partial charge in [-0.05, 0) is 57.1 Å². The maximum atomic E-state index is 5.56. The summed E-state index contributed by atoms with van der Waals surface area (Å²) in [5.41, 5.74) is 6.15. The molecule has 0 aromatic heterocycles. The van der Waals surface area contributed by atoms with Crippen LogP contribution in [0.25, 0.3) is 33.0 Å². The lowest BCUT2D eigenvalue weighted by molar-refractivity contribution is 0.356. The number of methoxy groups -OCH3 is 2. The minimum atomic E-state index is 0.755. The Balaban J connectivity index is 1.86. The van der Waals surface area contributed by atoms with Gasteiger partial charge in [-0.2, -0.15) is 0 Å². The van der Waals surface area contributed by atoms with E-state index >= 15 is 0 Å². The van der Waals surface area contributed by atoms with Crippen LogP contribution in [-0.2, 0) is 6.42 Å². The second kappa shape index (κ2) is 7.77. The summed E-state index contributed by atoms with van der Waals surface area (Å²) in [5, 5.41) is 2.40. The molecule has 0 heterocycles. The Morgan fingerprint density at radius 1 is 0.607 bits per heavy atom. The second-order valence-corrected chi connectivity index (χ2v) is 6.82. The van der Waals surface area contributed by atoms with Crippen LogP contribution in [0.3, 0.4) is 0 Å². The van der Waals surface area contributed by atoms with Gasteiger partial charge in [-0.3, -0.25) is 0 Å². The van der Waals surface area contributed by atoms with Gasteiger partial charge in [0.1, 0.15) is 0 Å². The summed E-state index contributed by atoms with van der Waals surface area (Å²) in [5.74, 6) is 1.52. The van der Waals surface area contributed by atoms with Crippen molar-refractivity contribution in [3.63, 3.8) is 0 Å². The van der Waals surface area contributed by atoms with Crippen LogP contribution < -0.4 is 9.47 Å². The predicted octanol–water partition coefficient (Wildman–Crippen LogP) is 6.75. The van der Waals surface area contributed by atoms with Gasteiger partial charge in [0, 0.05) is 0 Å². The lowest BCUT2D eigenvalue weighted by Gasteiger charge is -2.15. The van der Waals surface area contributed by atoms with Gasteiger partial charge in [-0.1, -0.05) is 73.7 Å². The molecule has 4 rings (SSSR count). The summed E-state index contributed by atoms with van der Waals surface area (Å²) < 4.78 is 11.1. The van der Waals surface area contributed by atoms with Crippen LogP contribution >= 0.6 is 0 Å². The number of ether oxygens (including phenoxy) is 2. The van der Waals surface area contributed by atoms with Crippen molar-refractivity contribution in [3.8, 4) is 33.8 Å². The fourth-order valence-electron chi connectivity index (χ4n) is 3.76. The van der Waals surface area contributed by atoms with E-state index in [-0.39, 0.29) is 0 Å². The van der Waals surface area contributed by atoms with Crippen LogP contribution in [0.1, 0.15) is 12.5 Å². The fourth-order valence-corrected chi connectivity index (χ4v) is 3.76. The molecule has 0 aliphatic carbocycles. The van der Waals surface area contributed by atoms with Crippen LogP contribution in [0.5, 0.6) is 11.5 Å². The molecule has 140 valence electrons. The molecule has 0 amide bonds. The highest BCUT2D eigenvalue weighted by molar-refractivity contribution is 6.00. The van der Waals surface area contributed by atoms with Crippen LogP contribution in [0.2, 0.25) is 0 Å². The smallest absolute Gasteiger partial charge is 0.161 e. The zero-order chi connectivity index (χ0) is 19.5. The quantitative estimate of drug-likeness (QED) is 0.388. The molecule has 0 aliphatic rings. The van der Waals surface area contributed by atoms with Crippen molar-refractivity contribution < 1.29 is 9.47 Å². The topological polar surface area (TPSA) is 18.5 Å². The molecule has 0 unspecified atom stereocenters. The summed E-state index contributed by atoms with van der Waals surface area (Å²) in [6.07, 6.45) is 0.971. The van der Waals surface area contributed by atoms with Crippen LogP contribution in [0.4, 0.5) is 0 Å². The van der Waals surface area contributed by atoms with E-state index in [1.165, 1.54) is 38.6 Å². The van der Waals surface area contributed by atoms with Crippen molar-refractivity contribution in [2.75, 3.05) is 14.2 Å². The number of rotatable bonds is 5. The summed E-state index contributed by atoms with van der Waals surface area (Å²) in [6.45, 7) is 2.18. The molecule has 4 aromatic rings. The van der Waals surface area contributed by atoms with E-state index in [4.69, 9.17) is 9.47 Å². The molecule has 0 aliphatic heterocycles. The van der Waals surface area contributed by atoms with Crippen molar-refractivity contribution in [2.45, 2.75) is 13.3 Å². The number of hydrogen-bond donors (Lipinski definition) is 0. The maximum Gasteiger partial charge on any atom is 0.161 e. The Morgan fingerprint density at radius 2 is 1.18 bits per heavy atom. The first-order valence-electron chi connectivity index (χ1n) is 9.58. The summed E-state index contributed by atoms with van der Waals surface area (Å²) in [4.78, 5) is 0. The van der Waals surface area contributed by atoms with E-state index in [2.05, 4.69) is 79.7 Å². The molecule has 0 saturated heterocycles. The Hall–Kier alpha value is -3.26. The first-order chi connectivity index (χ1) is 13.7. The van der Waals surface area contributed by atoms with E-state index in [0.717, 1.165) is 17.9 Å². The molecule has 0 N–H and O–H groups in total. The maximum absolute atomic E-state index is 5.56. The van der Waals surface area contributed by atoms with E-state index in [1.54, 1.807) is 14.2 Å². The van der Waals surface area contributed by atoms with Crippen molar-refractivity contribution in [2.24, 2.45) is 0 Å². The molecular weight excluding hydrogens is 344 g/mol. The van der Waals surface area contributed by atoms with Crippen LogP contribution in [0, 0.1) is 0 Å². The number of fused-ring (bicyclic) bond motifs is 1. The standard InChI is InChI=1S/C26H24O2/c1-4-18-14-15-22(24-17-26(28-3)25(27-2)16-23(18)24)21-12-10-20(11-13-21)19-8-6-5-7-9-19/h5-17H,4H2,1-3H3.